The maximum Gasteiger partial charge on any atom is 0.224 e. The van der Waals surface area contributed by atoms with Gasteiger partial charge in [-0.2, -0.15) is 5.10 Å². The summed E-state index contributed by atoms with van der Waals surface area (Å²) in [5.41, 5.74) is 4.61. The van der Waals surface area contributed by atoms with Crippen LogP contribution in [0.25, 0.3) is 11.1 Å². The molecule has 5 nitrogen and oxygen atoms in total. The number of nitrogens with one attached hydrogen (secondary N) is 1. The smallest absolute Gasteiger partial charge is 0.224 e. The highest BCUT2D eigenvalue weighted by Gasteiger charge is 2.27. The van der Waals surface area contributed by atoms with Crippen LogP contribution >= 0.6 is 0 Å². The van der Waals surface area contributed by atoms with Gasteiger partial charge in [0.05, 0.1) is 12.8 Å². The summed E-state index contributed by atoms with van der Waals surface area (Å²) in [5.74, 6) is 0.304. The molecule has 1 amide bonds. The third-order valence-corrected chi connectivity index (χ3v) is 4.54. The van der Waals surface area contributed by atoms with Crippen molar-refractivity contribution in [1.29, 1.82) is 0 Å². The van der Waals surface area contributed by atoms with E-state index >= 15 is 0 Å². The summed E-state index contributed by atoms with van der Waals surface area (Å²) < 4.78 is 0. The van der Waals surface area contributed by atoms with Crippen LogP contribution < -0.4 is 0 Å². The van der Waals surface area contributed by atoms with E-state index in [1.807, 2.05) is 11.1 Å². The zero-order valence-corrected chi connectivity index (χ0v) is 13.5. The Bertz CT molecular complexity index is 663. The number of carbonyl (C=O) groups excluding carboxylic acids is 1. The monoisotopic (exact) mass is 313 g/mol. The van der Waals surface area contributed by atoms with E-state index < -0.39 is 0 Å². The van der Waals surface area contributed by atoms with Crippen LogP contribution in [0.5, 0.6) is 0 Å². The Kier molecular flexibility index (Phi) is 4.76. The van der Waals surface area contributed by atoms with Gasteiger partial charge in [-0.3, -0.25) is 9.89 Å². The second-order valence-corrected chi connectivity index (χ2v) is 6.22. The van der Waals surface area contributed by atoms with Crippen LogP contribution in [-0.4, -0.2) is 45.8 Å². The highest BCUT2D eigenvalue weighted by molar-refractivity contribution is 5.76. The van der Waals surface area contributed by atoms with Crippen LogP contribution in [0.3, 0.4) is 0 Å². The fourth-order valence-corrected chi connectivity index (χ4v) is 3.26. The number of aliphatic hydroxyl groups excluding tert-OH is 1. The van der Waals surface area contributed by atoms with Gasteiger partial charge in [-0.25, -0.2) is 0 Å². The lowest BCUT2D eigenvalue weighted by atomic mass is 9.90. The summed E-state index contributed by atoms with van der Waals surface area (Å²) in [7, 11) is 0. The zero-order chi connectivity index (χ0) is 16.2. The summed E-state index contributed by atoms with van der Waals surface area (Å²) in [5, 5.41) is 16.3. The number of carbonyl (C=O) groups is 1. The molecule has 1 saturated heterocycles. The molecule has 0 aliphatic carbocycles. The lowest BCUT2D eigenvalue weighted by Gasteiger charge is -2.32. The fourth-order valence-electron chi connectivity index (χ4n) is 3.26. The number of aromatic nitrogens is 2. The Hall–Kier alpha value is -2.14. The number of H-pyrrole nitrogens is 1. The molecular weight excluding hydrogens is 290 g/mol. The maximum absolute atomic E-state index is 12.0. The summed E-state index contributed by atoms with van der Waals surface area (Å²) in [6.45, 7) is 3.47. The summed E-state index contributed by atoms with van der Waals surface area (Å²) >= 11 is 0. The number of benzene rings is 1. The van der Waals surface area contributed by atoms with Gasteiger partial charge in [-0.15, -0.1) is 0 Å². The molecule has 2 N–H and O–H groups in total. The van der Waals surface area contributed by atoms with Crippen LogP contribution in [0.2, 0.25) is 0 Å². The fraction of sp³-hybridized carbons (Fsp3) is 0.444. The minimum atomic E-state index is -0.0846. The molecule has 2 heterocycles. The Morgan fingerprint density at radius 1 is 1.39 bits per heavy atom. The SMILES string of the molecule is Cc1ccc(-c2cn[nH]c2[C@@H]2CCCN(C(=O)CCO)C2)cc1. The van der Waals surface area contributed by atoms with Crippen LogP contribution in [0.15, 0.2) is 30.5 Å². The van der Waals surface area contributed by atoms with Gasteiger partial charge in [-0.05, 0) is 25.3 Å². The molecule has 122 valence electrons. The lowest BCUT2D eigenvalue weighted by molar-refractivity contribution is -0.133. The van der Waals surface area contributed by atoms with Crippen LogP contribution in [0, 0.1) is 6.92 Å². The van der Waals surface area contributed by atoms with E-state index in [2.05, 4.69) is 41.4 Å². The topological polar surface area (TPSA) is 69.2 Å². The van der Waals surface area contributed by atoms with Crippen molar-refractivity contribution in [3.63, 3.8) is 0 Å². The van der Waals surface area contributed by atoms with E-state index in [1.165, 1.54) is 5.56 Å². The van der Waals surface area contributed by atoms with Gasteiger partial charge in [-0.1, -0.05) is 29.8 Å². The number of aryl methyl sites for hydroxylation is 1. The van der Waals surface area contributed by atoms with Crippen molar-refractivity contribution in [1.82, 2.24) is 15.1 Å². The zero-order valence-electron chi connectivity index (χ0n) is 13.5. The first-order chi connectivity index (χ1) is 11.2. The first-order valence-electron chi connectivity index (χ1n) is 8.18. The average molecular weight is 313 g/mol. The van der Waals surface area contributed by atoms with Crippen molar-refractivity contribution in [3.05, 3.63) is 41.7 Å². The molecule has 23 heavy (non-hydrogen) atoms. The first-order valence-corrected chi connectivity index (χ1v) is 8.18. The van der Waals surface area contributed by atoms with Crippen molar-refractivity contribution >= 4 is 5.91 Å². The Morgan fingerprint density at radius 2 is 2.17 bits per heavy atom. The number of aromatic amines is 1. The Balaban J connectivity index is 1.81. The molecule has 2 aromatic rings. The maximum atomic E-state index is 12.0. The minimum absolute atomic E-state index is 0.0357. The predicted octanol–water partition coefficient (Wildman–Crippen LogP) is 2.47. The number of aliphatic hydroxyl groups is 1. The second kappa shape index (κ2) is 6.96. The molecule has 0 bridgehead atoms. The highest BCUT2D eigenvalue weighted by atomic mass is 16.3. The summed E-state index contributed by atoms with van der Waals surface area (Å²) in [4.78, 5) is 13.9. The van der Waals surface area contributed by atoms with E-state index in [-0.39, 0.29) is 24.9 Å². The summed E-state index contributed by atoms with van der Waals surface area (Å²) in [6, 6.07) is 8.43. The largest absolute Gasteiger partial charge is 0.396 e. The van der Waals surface area contributed by atoms with Crippen molar-refractivity contribution in [2.24, 2.45) is 0 Å². The number of hydrogen-bond acceptors (Lipinski definition) is 3. The number of amides is 1. The van der Waals surface area contributed by atoms with E-state index in [9.17, 15) is 4.79 Å². The number of nitrogens with zero attached hydrogens (tertiary/aromatic N) is 2. The molecule has 0 spiro atoms. The molecule has 1 fully saturated rings. The number of piperidine rings is 1. The van der Waals surface area contributed by atoms with Gasteiger partial charge in [0.2, 0.25) is 5.91 Å². The molecule has 5 heteroatoms. The second-order valence-electron chi connectivity index (χ2n) is 6.22. The standard InChI is InChI=1S/C18H23N3O2/c1-13-4-6-14(7-5-13)16-11-19-20-18(16)15-3-2-9-21(12-15)17(23)8-10-22/h4-7,11,15,22H,2-3,8-10,12H2,1H3,(H,19,20)/t15-/m1/s1. The molecular formula is C18H23N3O2. The molecule has 1 aliphatic rings. The number of rotatable bonds is 4. The van der Waals surface area contributed by atoms with Gasteiger partial charge in [0.1, 0.15) is 0 Å². The van der Waals surface area contributed by atoms with Crippen LogP contribution in [0.1, 0.15) is 36.4 Å². The van der Waals surface area contributed by atoms with Gasteiger partial charge in [0.25, 0.3) is 0 Å². The normalized spacial score (nSPS) is 18.2. The van der Waals surface area contributed by atoms with Gasteiger partial charge in [0.15, 0.2) is 0 Å². The minimum Gasteiger partial charge on any atom is -0.396 e. The molecule has 1 aliphatic heterocycles. The van der Waals surface area contributed by atoms with Gasteiger partial charge in [0, 0.05) is 36.7 Å². The van der Waals surface area contributed by atoms with Crippen LogP contribution in [-0.2, 0) is 4.79 Å². The molecule has 3 rings (SSSR count). The average Bonchev–Trinajstić information content (AvgIpc) is 3.05. The van der Waals surface area contributed by atoms with E-state index in [1.54, 1.807) is 0 Å². The van der Waals surface area contributed by atoms with Crippen molar-refractivity contribution < 1.29 is 9.90 Å². The molecule has 1 aromatic heterocycles. The van der Waals surface area contributed by atoms with Gasteiger partial charge < -0.3 is 10.0 Å². The van der Waals surface area contributed by atoms with Crippen LogP contribution in [0.4, 0.5) is 0 Å². The molecule has 0 radical (unpaired) electrons. The van der Waals surface area contributed by atoms with Crippen molar-refractivity contribution in [3.8, 4) is 11.1 Å². The third kappa shape index (κ3) is 3.45. The predicted molar refractivity (Wildman–Crippen MR) is 89.0 cm³/mol. The molecule has 1 aromatic carbocycles. The Labute approximate surface area is 136 Å². The molecule has 0 unspecified atom stereocenters. The van der Waals surface area contributed by atoms with E-state index in [4.69, 9.17) is 5.11 Å². The van der Waals surface area contributed by atoms with Crippen molar-refractivity contribution in [2.45, 2.75) is 32.1 Å². The third-order valence-electron chi connectivity index (χ3n) is 4.54. The van der Waals surface area contributed by atoms with E-state index in [0.717, 1.165) is 36.2 Å². The van der Waals surface area contributed by atoms with Gasteiger partial charge >= 0.3 is 0 Å². The van der Waals surface area contributed by atoms with Crippen molar-refractivity contribution in [2.75, 3.05) is 19.7 Å². The molecule has 1 atom stereocenters. The number of likely N-dealkylation sites (tertiary alicyclic amines) is 1. The Morgan fingerprint density at radius 3 is 2.91 bits per heavy atom. The quantitative estimate of drug-likeness (QED) is 0.911. The number of hydrogen-bond donors (Lipinski definition) is 2. The van der Waals surface area contributed by atoms with E-state index in [0.29, 0.717) is 6.54 Å². The summed E-state index contributed by atoms with van der Waals surface area (Å²) in [6.07, 6.45) is 4.10. The lowest BCUT2D eigenvalue weighted by Crippen LogP contribution is -2.39. The first kappa shape index (κ1) is 15.7. The highest BCUT2D eigenvalue weighted by Crippen LogP contribution is 2.33. The molecule has 0 saturated carbocycles.